The average molecular weight is 466 g/mol. The lowest BCUT2D eigenvalue weighted by molar-refractivity contribution is -0.119. The topological polar surface area (TPSA) is 123 Å². The largest absolute Gasteiger partial charge is 0.364 e. The van der Waals surface area contributed by atoms with Crippen molar-refractivity contribution >= 4 is 17.5 Å². The van der Waals surface area contributed by atoms with E-state index in [1.54, 1.807) is 12.3 Å². The minimum atomic E-state index is -0.660. The highest BCUT2D eigenvalue weighted by molar-refractivity contribution is 6.01. The fraction of sp³-hybridized carbons (Fsp3) is 0.480. The maximum atomic E-state index is 13.4. The Labute approximate surface area is 198 Å². The van der Waals surface area contributed by atoms with Crippen molar-refractivity contribution in [1.82, 2.24) is 20.6 Å². The predicted octanol–water partition coefficient (Wildman–Crippen LogP) is 4.61. The second-order valence-electron chi connectivity index (χ2n) is 8.85. The van der Waals surface area contributed by atoms with Gasteiger partial charge in [-0.05, 0) is 51.2 Å². The highest BCUT2D eigenvalue weighted by Crippen LogP contribution is 2.28. The fourth-order valence-electron chi connectivity index (χ4n) is 4.64. The fourth-order valence-corrected chi connectivity index (χ4v) is 4.64. The number of carbonyl (C=O) groups excluding carboxylic acids is 2. The van der Waals surface area contributed by atoms with Crippen molar-refractivity contribution in [2.45, 2.75) is 71.8 Å². The van der Waals surface area contributed by atoms with E-state index < -0.39 is 6.04 Å². The normalized spacial score (nSPS) is 15.5. The monoisotopic (exact) mass is 465 g/mol. The summed E-state index contributed by atoms with van der Waals surface area (Å²) in [5.74, 6) is 0.167. The number of aromatic nitrogens is 3. The molecule has 34 heavy (non-hydrogen) atoms. The van der Waals surface area contributed by atoms with Crippen LogP contribution in [0.1, 0.15) is 73.0 Å². The molecule has 180 valence electrons. The Bertz CT molecular complexity index is 1110. The van der Waals surface area contributed by atoms with E-state index >= 15 is 0 Å². The lowest BCUT2D eigenvalue weighted by Crippen LogP contribution is -2.48. The predicted molar refractivity (Wildman–Crippen MR) is 126 cm³/mol. The molecule has 2 amide bonds. The molecule has 1 unspecified atom stereocenters. The molecule has 0 aromatic carbocycles. The summed E-state index contributed by atoms with van der Waals surface area (Å²) in [5, 5.41) is 13.8. The summed E-state index contributed by atoms with van der Waals surface area (Å²) >= 11 is 0. The molecule has 0 saturated heterocycles. The van der Waals surface area contributed by atoms with Gasteiger partial charge in [0.2, 0.25) is 5.91 Å². The zero-order valence-electron chi connectivity index (χ0n) is 19.9. The highest BCUT2D eigenvalue weighted by Gasteiger charge is 2.32. The summed E-state index contributed by atoms with van der Waals surface area (Å²) in [6, 6.07) is 2.96. The van der Waals surface area contributed by atoms with E-state index in [-0.39, 0.29) is 17.7 Å². The number of anilines is 1. The first-order valence-electron chi connectivity index (χ1n) is 11.9. The van der Waals surface area contributed by atoms with Crippen LogP contribution in [-0.4, -0.2) is 33.2 Å². The number of hydrogen-bond donors (Lipinski definition) is 2. The molecule has 4 rings (SSSR count). The molecule has 1 atom stereocenters. The van der Waals surface area contributed by atoms with Crippen LogP contribution in [0.3, 0.4) is 0 Å². The van der Waals surface area contributed by atoms with E-state index in [9.17, 15) is 9.59 Å². The van der Waals surface area contributed by atoms with E-state index in [2.05, 4.69) is 25.9 Å². The molecule has 0 aliphatic heterocycles. The van der Waals surface area contributed by atoms with Crippen molar-refractivity contribution in [3.05, 3.63) is 47.3 Å². The first-order chi connectivity index (χ1) is 16.5. The van der Waals surface area contributed by atoms with Gasteiger partial charge in [0.1, 0.15) is 23.6 Å². The van der Waals surface area contributed by atoms with Crippen molar-refractivity contribution in [1.29, 1.82) is 0 Å². The van der Waals surface area contributed by atoms with Gasteiger partial charge in [0.05, 0.1) is 34.5 Å². The van der Waals surface area contributed by atoms with Gasteiger partial charge in [0.25, 0.3) is 5.91 Å². The summed E-state index contributed by atoms with van der Waals surface area (Å²) in [7, 11) is 0. The number of amides is 2. The van der Waals surface area contributed by atoms with Crippen molar-refractivity contribution < 1.29 is 18.6 Å². The second-order valence-corrected chi connectivity index (χ2v) is 8.85. The van der Waals surface area contributed by atoms with Crippen molar-refractivity contribution in [2.75, 3.05) is 5.32 Å². The summed E-state index contributed by atoms with van der Waals surface area (Å²) in [6.07, 6.45) is 9.71. The summed E-state index contributed by atoms with van der Waals surface area (Å²) in [4.78, 5) is 30.9. The third kappa shape index (κ3) is 5.18. The smallest absolute Gasteiger partial charge is 0.257 e. The van der Waals surface area contributed by atoms with Gasteiger partial charge < -0.3 is 19.7 Å². The van der Waals surface area contributed by atoms with Gasteiger partial charge in [0, 0.05) is 0 Å². The number of carbonyl (C=O) groups is 2. The van der Waals surface area contributed by atoms with Gasteiger partial charge in [-0.3, -0.25) is 14.6 Å². The maximum Gasteiger partial charge on any atom is 0.257 e. The molecular weight excluding hydrogens is 434 g/mol. The molecule has 9 heteroatoms. The van der Waals surface area contributed by atoms with Crippen LogP contribution >= 0.6 is 0 Å². The van der Waals surface area contributed by atoms with E-state index in [0.717, 1.165) is 55.5 Å². The van der Waals surface area contributed by atoms with Gasteiger partial charge in [-0.1, -0.05) is 42.9 Å². The Balaban J connectivity index is 1.52. The first kappa shape index (κ1) is 23.7. The van der Waals surface area contributed by atoms with Gasteiger partial charge in [-0.15, -0.1) is 0 Å². The molecule has 3 heterocycles. The Morgan fingerprint density at radius 2 is 1.88 bits per heavy atom. The van der Waals surface area contributed by atoms with Crippen LogP contribution in [0.25, 0.3) is 11.3 Å². The van der Waals surface area contributed by atoms with Crippen molar-refractivity contribution in [2.24, 2.45) is 5.92 Å². The van der Waals surface area contributed by atoms with Crippen LogP contribution in [0.15, 0.2) is 33.6 Å². The second kappa shape index (κ2) is 10.6. The van der Waals surface area contributed by atoms with Gasteiger partial charge in [0.15, 0.2) is 0 Å². The summed E-state index contributed by atoms with van der Waals surface area (Å²) in [5.41, 5.74) is 3.85. The number of aryl methyl sites for hydroxylation is 3. The molecule has 0 radical (unpaired) electrons. The van der Waals surface area contributed by atoms with Crippen molar-refractivity contribution in [3.8, 4) is 11.3 Å². The third-order valence-electron chi connectivity index (χ3n) is 6.48. The van der Waals surface area contributed by atoms with Crippen LogP contribution in [0.4, 0.5) is 5.69 Å². The van der Waals surface area contributed by atoms with Gasteiger partial charge in [-0.2, -0.15) is 0 Å². The minimum Gasteiger partial charge on any atom is -0.364 e. The molecule has 0 spiro atoms. The minimum absolute atomic E-state index is 0.0610. The summed E-state index contributed by atoms with van der Waals surface area (Å²) < 4.78 is 10.2. The van der Waals surface area contributed by atoms with Crippen LogP contribution in [0.5, 0.6) is 0 Å². The number of pyridine rings is 1. The quantitative estimate of drug-likeness (QED) is 0.488. The maximum absolute atomic E-state index is 13.4. The first-order valence-corrected chi connectivity index (χ1v) is 11.9. The molecule has 0 bridgehead atoms. The molecule has 1 saturated carbocycles. The van der Waals surface area contributed by atoms with E-state index in [1.807, 2.05) is 26.8 Å². The Kier molecular flexibility index (Phi) is 7.40. The third-order valence-corrected chi connectivity index (χ3v) is 6.48. The van der Waals surface area contributed by atoms with E-state index in [0.29, 0.717) is 29.1 Å². The molecule has 9 nitrogen and oxygen atoms in total. The number of rotatable bonds is 7. The van der Waals surface area contributed by atoms with Crippen molar-refractivity contribution in [3.63, 3.8) is 0 Å². The molecule has 3 aromatic rings. The van der Waals surface area contributed by atoms with E-state index in [1.165, 1.54) is 6.26 Å². The zero-order valence-corrected chi connectivity index (χ0v) is 19.9. The number of nitrogens with one attached hydrogen (secondary N) is 2. The van der Waals surface area contributed by atoms with Crippen LogP contribution in [0.2, 0.25) is 0 Å². The molecule has 1 aliphatic rings. The lowest BCUT2D eigenvalue weighted by atomic mass is 9.90. The lowest BCUT2D eigenvalue weighted by Gasteiger charge is -2.26. The average Bonchev–Trinajstić information content (AvgIpc) is 3.34. The van der Waals surface area contributed by atoms with Gasteiger partial charge >= 0.3 is 0 Å². The number of nitrogens with zero attached hydrogens (tertiary/aromatic N) is 3. The zero-order chi connectivity index (χ0) is 24.1. The Hall–Kier alpha value is -3.49. The Morgan fingerprint density at radius 3 is 2.50 bits per heavy atom. The molecule has 2 N–H and O–H groups in total. The summed E-state index contributed by atoms with van der Waals surface area (Å²) in [6.45, 7) is 5.61. The Morgan fingerprint density at radius 1 is 1.12 bits per heavy atom. The molecule has 3 aromatic heterocycles. The van der Waals surface area contributed by atoms with Crippen LogP contribution in [0, 0.1) is 19.8 Å². The molecule has 1 aliphatic carbocycles. The van der Waals surface area contributed by atoms with Crippen LogP contribution < -0.4 is 10.6 Å². The van der Waals surface area contributed by atoms with E-state index in [4.69, 9.17) is 9.05 Å². The van der Waals surface area contributed by atoms with Crippen LogP contribution in [-0.2, 0) is 11.2 Å². The number of hydrogen-bond acceptors (Lipinski definition) is 7. The molecule has 1 fully saturated rings. The van der Waals surface area contributed by atoms with Gasteiger partial charge in [-0.25, -0.2) is 0 Å². The highest BCUT2D eigenvalue weighted by atomic mass is 16.5. The SMILES string of the molecule is CCc1nocc1C(=O)NC(C(=O)Nc1ccc(-c2c(C)noc2C)nc1)C1CCCCCC1. The standard InChI is InChI=1S/C25H31N5O4/c1-4-20-19(14-33-30-20)24(31)28-23(17-9-7-5-6-8-10-17)25(32)27-18-11-12-21(26-13-18)22-15(2)29-34-16(22)3/h11-14,17,23H,4-10H2,1-3H3,(H,27,32)(H,28,31). The molecular formula is C25H31N5O4.